The van der Waals surface area contributed by atoms with Crippen LogP contribution in [0.2, 0.25) is 0 Å². The van der Waals surface area contributed by atoms with E-state index < -0.39 is 0 Å². The number of aryl methyl sites for hydroxylation is 1. The standard InChI is InChI=1S/C22H28O4/c1-16(2)19-9-7-17(3)21(14-19)26-12-6-5-11-25-20-10-8-18(15-23)13-22(20)24-4/h7-10,13-16H,5-6,11-12H2,1-4H3. The lowest BCUT2D eigenvalue weighted by Gasteiger charge is -2.13. The Labute approximate surface area is 156 Å². The van der Waals surface area contributed by atoms with Crippen LogP contribution >= 0.6 is 0 Å². The molecule has 2 aromatic carbocycles. The summed E-state index contributed by atoms with van der Waals surface area (Å²) in [5.41, 5.74) is 3.02. The summed E-state index contributed by atoms with van der Waals surface area (Å²) in [5.74, 6) is 2.68. The largest absolute Gasteiger partial charge is 0.493 e. The van der Waals surface area contributed by atoms with Gasteiger partial charge in [-0.15, -0.1) is 0 Å². The first kappa shape index (κ1) is 19.8. The van der Waals surface area contributed by atoms with Gasteiger partial charge in [-0.25, -0.2) is 0 Å². The van der Waals surface area contributed by atoms with Gasteiger partial charge in [-0.1, -0.05) is 26.0 Å². The van der Waals surface area contributed by atoms with Gasteiger partial charge in [0.2, 0.25) is 0 Å². The van der Waals surface area contributed by atoms with Crippen molar-refractivity contribution in [1.82, 2.24) is 0 Å². The summed E-state index contributed by atoms with van der Waals surface area (Å²) in [4.78, 5) is 10.8. The number of benzene rings is 2. The minimum Gasteiger partial charge on any atom is -0.493 e. The molecule has 0 atom stereocenters. The summed E-state index contributed by atoms with van der Waals surface area (Å²) in [7, 11) is 1.57. The number of carbonyl (C=O) groups is 1. The van der Waals surface area contributed by atoms with Crippen LogP contribution in [-0.2, 0) is 0 Å². The predicted molar refractivity (Wildman–Crippen MR) is 104 cm³/mol. The Morgan fingerprint density at radius 1 is 0.923 bits per heavy atom. The second kappa shape index (κ2) is 9.85. The molecule has 4 nitrogen and oxygen atoms in total. The molecule has 0 aliphatic carbocycles. The lowest BCUT2D eigenvalue weighted by atomic mass is 10.0. The highest BCUT2D eigenvalue weighted by atomic mass is 16.5. The normalized spacial score (nSPS) is 10.7. The van der Waals surface area contributed by atoms with Crippen LogP contribution < -0.4 is 14.2 Å². The molecule has 140 valence electrons. The van der Waals surface area contributed by atoms with Gasteiger partial charge in [0.1, 0.15) is 12.0 Å². The molecule has 0 saturated heterocycles. The van der Waals surface area contributed by atoms with Crippen LogP contribution in [-0.4, -0.2) is 26.6 Å². The maximum Gasteiger partial charge on any atom is 0.161 e. The Balaban J connectivity index is 1.76. The number of aldehydes is 1. The molecule has 26 heavy (non-hydrogen) atoms. The third-order valence-electron chi connectivity index (χ3n) is 4.26. The maximum atomic E-state index is 10.8. The second-order valence-electron chi connectivity index (χ2n) is 6.61. The molecule has 0 N–H and O–H groups in total. The SMILES string of the molecule is COc1cc(C=O)ccc1OCCCCOc1cc(C(C)C)ccc1C. The molecule has 0 aromatic heterocycles. The summed E-state index contributed by atoms with van der Waals surface area (Å²) in [5, 5.41) is 0. The molecular weight excluding hydrogens is 328 g/mol. The highest BCUT2D eigenvalue weighted by Crippen LogP contribution is 2.28. The Hall–Kier alpha value is -2.49. The fraction of sp³-hybridized carbons (Fsp3) is 0.409. The number of hydrogen-bond donors (Lipinski definition) is 0. The molecular formula is C22H28O4. The summed E-state index contributed by atoms with van der Waals surface area (Å²) < 4.78 is 17.0. The van der Waals surface area contributed by atoms with Crippen molar-refractivity contribution in [2.24, 2.45) is 0 Å². The first-order chi connectivity index (χ1) is 12.5. The fourth-order valence-electron chi connectivity index (χ4n) is 2.58. The van der Waals surface area contributed by atoms with Crippen LogP contribution in [0.15, 0.2) is 36.4 Å². The van der Waals surface area contributed by atoms with E-state index in [-0.39, 0.29) is 0 Å². The minimum absolute atomic E-state index is 0.493. The predicted octanol–water partition coefficient (Wildman–Crippen LogP) is 5.18. The fourth-order valence-corrected chi connectivity index (χ4v) is 2.58. The number of hydrogen-bond acceptors (Lipinski definition) is 4. The zero-order valence-electron chi connectivity index (χ0n) is 16.1. The number of ether oxygens (including phenoxy) is 3. The highest BCUT2D eigenvalue weighted by molar-refractivity contribution is 5.76. The van der Waals surface area contributed by atoms with Gasteiger partial charge in [0, 0.05) is 5.56 Å². The molecule has 2 rings (SSSR count). The van der Waals surface area contributed by atoms with Gasteiger partial charge in [0.25, 0.3) is 0 Å². The van der Waals surface area contributed by atoms with Crippen molar-refractivity contribution in [2.75, 3.05) is 20.3 Å². The van der Waals surface area contributed by atoms with E-state index in [9.17, 15) is 4.79 Å². The first-order valence-electron chi connectivity index (χ1n) is 9.04. The van der Waals surface area contributed by atoms with Crippen LogP contribution in [0.1, 0.15) is 54.1 Å². The van der Waals surface area contributed by atoms with E-state index in [4.69, 9.17) is 14.2 Å². The van der Waals surface area contributed by atoms with Gasteiger partial charge in [-0.05, 0) is 61.1 Å². The van der Waals surface area contributed by atoms with E-state index in [0.717, 1.165) is 30.4 Å². The third kappa shape index (κ3) is 5.51. The molecule has 0 aliphatic rings. The smallest absolute Gasteiger partial charge is 0.161 e. The van der Waals surface area contributed by atoms with Crippen LogP contribution in [0.5, 0.6) is 17.2 Å². The molecule has 0 radical (unpaired) electrons. The molecule has 0 bridgehead atoms. The second-order valence-corrected chi connectivity index (χ2v) is 6.61. The average Bonchev–Trinajstić information content (AvgIpc) is 2.65. The lowest BCUT2D eigenvalue weighted by molar-refractivity contribution is 0.112. The van der Waals surface area contributed by atoms with Gasteiger partial charge in [0.05, 0.1) is 20.3 Å². The Kier molecular flexibility index (Phi) is 7.52. The van der Waals surface area contributed by atoms with Crippen molar-refractivity contribution < 1.29 is 19.0 Å². The number of unbranched alkanes of at least 4 members (excludes halogenated alkanes) is 1. The third-order valence-corrected chi connectivity index (χ3v) is 4.26. The van der Waals surface area contributed by atoms with E-state index in [1.807, 2.05) is 0 Å². The molecule has 0 aliphatic heterocycles. The molecule has 0 heterocycles. The first-order valence-corrected chi connectivity index (χ1v) is 9.04. The topological polar surface area (TPSA) is 44.8 Å². The zero-order chi connectivity index (χ0) is 18.9. The molecule has 4 heteroatoms. The summed E-state index contributed by atoms with van der Waals surface area (Å²) >= 11 is 0. The number of rotatable bonds is 10. The Morgan fingerprint density at radius 3 is 2.23 bits per heavy atom. The average molecular weight is 356 g/mol. The van der Waals surface area contributed by atoms with Gasteiger partial charge in [-0.2, -0.15) is 0 Å². The Bertz CT molecular complexity index is 722. The van der Waals surface area contributed by atoms with E-state index >= 15 is 0 Å². The molecule has 0 fully saturated rings. The van der Waals surface area contributed by atoms with E-state index in [2.05, 4.69) is 39.0 Å². The van der Waals surface area contributed by atoms with Gasteiger partial charge < -0.3 is 14.2 Å². The highest BCUT2D eigenvalue weighted by Gasteiger charge is 2.06. The number of methoxy groups -OCH3 is 1. The quantitative estimate of drug-likeness (QED) is 0.435. The van der Waals surface area contributed by atoms with Gasteiger partial charge >= 0.3 is 0 Å². The summed E-state index contributed by atoms with van der Waals surface area (Å²) in [6.45, 7) is 7.67. The van der Waals surface area contributed by atoms with Crippen LogP contribution in [0.3, 0.4) is 0 Å². The van der Waals surface area contributed by atoms with Gasteiger partial charge in [0.15, 0.2) is 11.5 Å². The lowest BCUT2D eigenvalue weighted by Crippen LogP contribution is -2.04. The molecule has 0 amide bonds. The minimum atomic E-state index is 0.493. The van der Waals surface area contributed by atoms with E-state index in [1.165, 1.54) is 5.56 Å². The Morgan fingerprint density at radius 2 is 1.62 bits per heavy atom. The van der Waals surface area contributed by atoms with Crippen molar-refractivity contribution >= 4 is 6.29 Å². The monoisotopic (exact) mass is 356 g/mol. The summed E-state index contributed by atoms with van der Waals surface area (Å²) in [6.07, 6.45) is 2.57. The van der Waals surface area contributed by atoms with Crippen molar-refractivity contribution in [1.29, 1.82) is 0 Å². The summed E-state index contributed by atoms with van der Waals surface area (Å²) in [6, 6.07) is 11.6. The van der Waals surface area contributed by atoms with Crippen molar-refractivity contribution in [2.45, 2.75) is 39.5 Å². The van der Waals surface area contributed by atoms with Crippen molar-refractivity contribution in [3.63, 3.8) is 0 Å². The van der Waals surface area contributed by atoms with E-state index in [1.54, 1.807) is 25.3 Å². The maximum absolute atomic E-state index is 10.8. The zero-order valence-corrected chi connectivity index (χ0v) is 16.1. The van der Waals surface area contributed by atoms with Crippen LogP contribution in [0.25, 0.3) is 0 Å². The molecule has 0 spiro atoms. The molecule has 0 saturated carbocycles. The molecule has 0 unspecified atom stereocenters. The van der Waals surface area contributed by atoms with Crippen LogP contribution in [0, 0.1) is 6.92 Å². The van der Waals surface area contributed by atoms with Crippen molar-refractivity contribution in [3.8, 4) is 17.2 Å². The van der Waals surface area contributed by atoms with Crippen LogP contribution in [0.4, 0.5) is 0 Å². The molecule has 2 aromatic rings. The number of carbonyl (C=O) groups excluding carboxylic acids is 1. The van der Waals surface area contributed by atoms with Gasteiger partial charge in [-0.3, -0.25) is 4.79 Å². The van der Waals surface area contributed by atoms with Crippen molar-refractivity contribution in [3.05, 3.63) is 53.1 Å². The van der Waals surface area contributed by atoms with E-state index in [0.29, 0.717) is 36.2 Å².